The normalized spacial score (nSPS) is 11.3. The zero-order valence-corrected chi connectivity index (χ0v) is 15.3. The van der Waals surface area contributed by atoms with Crippen molar-refractivity contribution in [3.05, 3.63) is 93.5 Å². The molecule has 0 fully saturated rings. The van der Waals surface area contributed by atoms with Gasteiger partial charge in [0.1, 0.15) is 0 Å². The lowest BCUT2D eigenvalue weighted by Gasteiger charge is -2.09. The minimum Gasteiger partial charge on any atom is -0.267 e. The Hall–Kier alpha value is -3.31. The first-order valence-electron chi connectivity index (χ1n) is 8.35. The molecular formula is C21H15ClN4O. The van der Waals surface area contributed by atoms with Gasteiger partial charge >= 0.3 is 0 Å². The predicted molar refractivity (Wildman–Crippen MR) is 108 cm³/mol. The Morgan fingerprint density at radius 2 is 1.93 bits per heavy atom. The highest BCUT2D eigenvalue weighted by Gasteiger charge is 2.13. The highest BCUT2D eigenvalue weighted by atomic mass is 35.5. The SMILES string of the molecule is Cc1ccc(C=Nn2c(-c3cccnc3)nc3ccc(Cl)cc3c2=O)cc1. The van der Waals surface area contributed by atoms with Gasteiger partial charge < -0.3 is 0 Å². The molecule has 4 rings (SSSR count). The summed E-state index contributed by atoms with van der Waals surface area (Å²) in [6.07, 6.45) is 4.96. The van der Waals surface area contributed by atoms with Crippen molar-refractivity contribution in [2.24, 2.45) is 5.10 Å². The molecule has 5 nitrogen and oxygen atoms in total. The van der Waals surface area contributed by atoms with Crippen LogP contribution in [0.1, 0.15) is 11.1 Å². The molecule has 0 aliphatic carbocycles. The van der Waals surface area contributed by atoms with Crippen molar-refractivity contribution < 1.29 is 0 Å². The lowest BCUT2D eigenvalue weighted by atomic mass is 10.2. The number of aromatic nitrogens is 3. The first-order chi connectivity index (χ1) is 13.1. The molecule has 2 aromatic heterocycles. The minimum atomic E-state index is -0.287. The van der Waals surface area contributed by atoms with Crippen LogP contribution in [-0.2, 0) is 0 Å². The van der Waals surface area contributed by atoms with Gasteiger partial charge in [-0.25, -0.2) is 4.98 Å². The highest BCUT2D eigenvalue weighted by Crippen LogP contribution is 2.20. The molecule has 2 aromatic carbocycles. The van der Waals surface area contributed by atoms with Crippen LogP contribution in [0.15, 0.2) is 76.9 Å². The molecule has 0 atom stereocenters. The monoisotopic (exact) mass is 374 g/mol. The molecule has 0 N–H and O–H groups in total. The molecule has 2 heterocycles. The second-order valence-electron chi connectivity index (χ2n) is 6.11. The highest BCUT2D eigenvalue weighted by molar-refractivity contribution is 6.31. The van der Waals surface area contributed by atoms with Crippen LogP contribution in [0.3, 0.4) is 0 Å². The van der Waals surface area contributed by atoms with Crippen LogP contribution in [0, 0.1) is 6.92 Å². The summed E-state index contributed by atoms with van der Waals surface area (Å²) in [7, 11) is 0. The number of hydrogen-bond acceptors (Lipinski definition) is 4. The van der Waals surface area contributed by atoms with Crippen LogP contribution < -0.4 is 5.56 Å². The number of nitrogens with zero attached hydrogens (tertiary/aromatic N) is 4. The number of rotatable bonds is 3. The van der Waals surface area contributed by atoms with Crippen LogP contribution in [0.2, 0.25) is 5.02 Å². The van der Waals surface area contributed by atoms with E-state index in [0.717, 1.165) is 11.1 Å². The third kappa shape index (κ3) is 3.50. The Kier molecular flexibility index (Phi) is 4.52. The van der Waals surface area contributed by atoms with Gasteiger partial charge in [-0.05, 0) is 42.8 Å². The smallest absolute Gasteiger partial charge is 0.267 e. The van der Waals surface area contributed by atoms with E-state index in [1.54, 1.807) is 42.9 Å². The lowest BCUT2D eigenvalue weighted by molar-refractivity contribution is 0.829. The molecule has 0 aliphatic heterocycles. The van der Waals surface area contributed by atoms with Gasteiger partial charge in [0, 0.05) is 23.0 Å². The van der Waals surface area contributed by atoms with Gasteiger partial charge in [0.2, 0.25) is 0 Å². The van der Waals surface area contributed by atoms with Gasteiger partial charge in [0.15, 0.2) is 5.82 Å². The summed E-state index contributed by atoms with van der Waals surface area (Å²) < 4.78 is 1.29. The summed E-state index contributed by atoms with van der Waals surface area (Å²) in [6, 6.07) is 16.6. The topological polar surface area (TPSA) is 60.1 Å². The van der Waals surface area contributed by atoms with Gasteiger partial charge in [0.25, 0.3) is 5.56 Å². The average Bonchev–Trinajstić information content (AvgIpc) is 2.69. The predicted octanol–water partition coefficient (Wildman–Crippen LogP) is 4.30. The summed E-state index contributed by atoms with van der Waals surface area (Å²) in [4.78, 5) is 21.8. The van der Waals surface area contributed by atoms with Crippen LogP contribution in [0.5, 0.6) is 0 Å². The maximum absolute atomic E-state index is 13.1. The zero-order valence-electron chi connectivity index (χ0n) is 14.5. The molecule has 0 radical (unpaired) electrons. The van der Waals surface area contributed by atoms with E-state index in [2.05, 4.69) is 15.1 Å². The molecule has 6 heteroatoms. The Morgan fingerprint density at radius 1 is 1.11 bits per heavy atom. The fourth-order valence-corrected chi connectivity index (χ4v) is 2.89. The summed E-state index contributed by atoms with van der Waals surface area (Å²) in [6.45, 7) is 2.02. The Bertz CT molecular complexity index is 1200. The summed E-state index contributed by atoms with van der Waals surface area (Å²) in [5.74, 6) is 0.422. The van der Waals surface area contributed by atoms with Crippen LogP contribution in [0.4, 0.5) is 0 Å². The maximum Gasteiger partial charge on any atom is 0.282 e. The molecule has 132 valence electrons. The van der Waals surface area contributed by atoms with E-state index in [-0.39, 0.29) is 5.56 Å². The zero-order chi connectivity index (χ0) is 18.8. The number of aryl methyl sites for hydroxylation is 1. The van der Waals surface area contributed by atoms with Gasteiger partial charge in [-0.15, -0.1) is 0 Å². The van der Waals surface area contributed by atoms with Crippen molar-refractivity contribution in [1.82, 2.24) is 14.6 Å². The Labute approximate surface area is 160 Å². The molecule has 0 spiro atoms. The number of pyridine rings is 1. The van der Waals surface area contributed by atoms with Gasteiger partial charge in [-0.1, -0.05) is 41.4 Å². The molecule has 0 saturated carbocycles. The van der Waals surface area contributed by atoms with Crippen molar-refractivity contribution >= 4 is 28.7 Å². The second kappa shape index (κ2) is 7.13. The summed E-state index contributed by atoms with van der Waals surface area (Å²) >= 11 is 6.06. The Balaban J connectivity index is 1.94. The van der Waals surface area contributed by atoms with E-state index < -0.39 is 0 Å². The summed E-state index contributed by atoms with van der Waals surface area (Å²) in [5.41, 5.74) is 3.01. The van der Waals surface area contributed by atoms with Crippen molar-refractivity contribution in [3.63, 3.8) is 0 Å². The molecule has 0 bridgehead atoms. The van der Waals surface area contributed by atoms with Gasteiger partial charge in [-0.2, -0.15) is 9.78 Å². The standard InChI is InChI=1S/C21H15ClN4O/c1-14-4-6-15(7-5-14)12-24-26-20(16-3-2-10-23-13-16)25-19-9-8-17(22)11-18(19)21(26)27/h2-13H,1H3. The third-order valence-electron chi connectivity index (χ3n) is 4.13. The van der Waals surface area contributed by atoms with Crippen molar-refractivity contribution in [3.8, 4) is 11.4 Å². The molecule has 27 heavy (non-hydrogen) atoms. The first kappa shape index (κ1) is 17.1. The van der Waals surface area contributed by atoms with E-state index in [1.807, 2.05) is 37.3 Å². The molecule has 4 aromatic rings. The number of benzene rings is 2. The van der Waals surface area contributed by atoms with Crippen molar-refractivity contribution in [1.29, 1.82) is 0 Å². The number of halogens is 1. The van der Waals surface area contributed by atoms with Crippen LogP contribution in [-0.4, -0.2) is 20.9 Å². The third-order valence-corrected chi connectivity index (χ3v) is 4.36. The van der Waals surface area contributed by atoms with E-state index >= 15 is 0 Å². The Morgan fingerprint density at radius 3 is 2.67 bits per heavy atom. The molecule has 0 saturated heterocycles. The fraction of sp³-hybridized carbons (Fsp3) is 0.0476. The molecule has 0 aliphatic rings. The van der Waals surface area contributed by atoms with Crippen LogP contribution >= 0.6 is 11.6 Å². The van der Waals surface area contributed by atoms with E-state index in [1.165, 1.54) is 4.68 Å². The van der Waals surface area contributed by atoms with E-state index in [9.17, 15) is 4.79 Å². The second-order valence-corrected chi connectivity index (χ2v) is 6.55. The quantitative estimate of drug-likeness (QED) is 0.502. The van der Waals surface area contributed by atoms with Gasteiger partial charge in [0.05, 0.1) is 17.1 Å². The van der Waals surface area contributed by atoms with Crippen molar-refractivity contribution in [2.75, 3.05) is 0 Å². The van der Waals surface area contributed by atoms with Gasteiger partial charge in [-0.3, -0.25) is 9.78 Å². The number of hydrogen-bond donors (Lipinski definition) is 0. The lowest BCUT2D eigenvalue weighted by Crippen LogP contribution is -2.20. The van der Waals surface area contributed by atoms with E-state index in [4.69, 9.17) is 11.6 Å². The molecule has 0 unspecified atom stereocenters. The first-order valence-corrected chi connectivity index (χ1v) is 8.73. The maximum atomic E-state index is 13.1. The summed E-state index contributed by atoms with van der Waals surface area (Å²) in [5, 5.41) is 5.30. The van der Waals surface area contributed by atoms with Crippen molar-refractivity contribution in [2.45, 2.75) is 6.92 Å². The minimum absolute atomic E-state index is 0.287. The average molecular weight is 375 g/mol. The van der Waals surface area contributed by atoms with Crippen LogP contribution in [0.25, 0.3) is 22.3 Å². The fourth-order valence-electron chi connectivity index (χ4n) is 2.71. The number of fused-ring (bicyclic) bond motifs is 1. The van der Waals surface area contributed by atoms with E-state index in [0.29, 0.717) is 27.3 Å². The molecular weight excluding hydrogens is 360 g/mol. The largest absolute Gasteiger partial charge is 0.282 e. The molecule has 0 amide bonds.